The lowest BCUT2D eigenvalue weighted by Crippen LogP contribution is -2.31. The highest BCUT2D eigenvalue weighted by atomic mass is 32.1. The minimum absolute atomic E-state index is 0.0847. The van der Waals surface area contributed by atoms with E-state index in [-0.39, 0.29) is 11.5 Å². The van der Waals surface area contributed by atoms with Gasteiger partial charge in [-0.2, -0.15) is 5.10 Å². The zero-order chi connectivity index (χ0) is 17.8. The molecular weight excluding hydrogens is 338 g/mol. The van der Waals surface area contributed by atoms with Crippen LogP contribution in [0, 0.1) is 12.8 Å². The normalized spacial score (nSPS) is 17.0. The summed E-state index contributed by atoms with van der Waals surface area (Å²) in [5.74, 6) is 0.486. The number of nitrogens with zero attached hydrogens (tertiary/aromatic N) is 4. The van der Waals surface area contributed by atoms with Crippen LogP contribution in [0.3, 0.4) is 0 Å². The van der Waals surface area contributed by atoms with Crippen LogP contribution in [-0.4, -0.2) is 40.3 Å². The first-order chi connectivity index (χ1) is 12.0. The number of carbonyl (C=O) groups is 1. The van der Waals surface area contributed by atoms with Gasteiger partial charge >= 0.3 is 0 Å². The minimum Gasteiger partial charge on any atom is -0.370 e. The lowest BCUT2D eigenvalue weighted by molar-refractivity contribution is -0.121. The largest absolute Gasteiger partial charge is 0.370 e. The summed E-state index contributed by atoms with van der Waals surface area (Å²) in [6.07, 6.45) is 3.97. The predicted octanol–water partition coefficient (Wildman–Crippen LogP) is 1.12. The molecule has 0 unspecified atom stereocenters. The molecule has 1 N–H and O–H groups in total. The molecule has 0 bridgehead atoms. The average molecular weight is 361 g/mol. The van der Waals surface area contributed by atoms with Crippen molar-refractivity contribution in [3.05, 3.63) is 38.7 Å². The van der Waals surface area contributed by atoms with Gasteiger partial charge in [-0.15, -0.1) is 11.3 Å². The van der Waals surface area contributed by atoms with Gasteiger partial charge in [-0.05, 0) is 25.7 Å². The molecule has 0 saturated carbocycles. The van der Waals surface area contributed by atoms with Crippen LogP contribution in [0.15, 0.2) is 22.6 Å². The van der Waals surface area contributed by atoms with Crippen molar-refractivity contribution in [2.45, 2.75) is 26.2 Å². The number of hydrogen-bond acceptors (Lipinski definition) is 6. The molecule has 3 heterocycles. The molecule has 0 aliphatic carbocycles. The predicted molar refractivity (Wildman–Crippen MR) is 98.0 cm³/mol. The molecule has 25 heavy (non-hydrogen) atoms. The fourth-order valence-electron chi connectivity index (χ4n) is 3.01. The van der Waals surface area contributed by atoms with Gasteiger partial charge in [0.25, 0.3) is 5.56 Å². The summed E-state index contributed by atoms with van der Waals surface area (Å²) in [4.78, 5) is 31.3. The van der Waals surface area contributed by atoms with E-state index >= 15 is 0 Å². The smallest absolute Gasteiger partial charge is 0.268 e. The number of amides is 1. The highest BCUT2D eigenvalue weighted by Crippen LogP contribution is 2.21. The summed E-state index contributed by atoms with van der Waals surface area (Å²) in [7, 11) is 1.64. The van der Waals surface area contributed by atoms with Gasteiger partial charge in [-0.3, -0.25) is 9.59 Å². The molecule has 0 radical (unpaired) electrons. The molecule has 0 aromatic carbocycles. The Labute approximate surface area is 150 Å². The van der Waals surface area contributed by atoms with Crippen molar-refractivity contribution in [2.24, 2.45) is 13.0 Å². The molecule has 1 fully saturated rings. The van der Waals surface area contributed by atoms with E-state index in [0.29, 0.717) is 18.9 Å². The monoisotopic (exact) mass is 361 g/mol. The van der Waals surface area contributed by atoms with E-state index < -0.39 is 0 Å². The molecule has 0 spiro atoms. The molecule has 1 saturated heterocycles. The van der Waals surface area contributed by atoms with Crippen LogP contribution in [0.25, 0.3) is 0 Å². The molecule has 2 aromatic heterocycles. The first-order valence-corrected chi connectivity index (χ1v) is 9.35. The summed E-state index contributed by atoms with van der Waals surface area (Å²) in [6.45, 7) is 4.37. The molecule has 1 atom stereocenters. The maximum absolute atomic E-state index is 12.0. The average Bonchev–Trinajstić information content (AvgIpc) is 3.22. The molecule has 134 valence electrons. The first kappa shape index (κ1) is 17.6. The van der Waals surface area contributed by atoms with Gasteiger partial charge < -0.3 is 10.2 Å². The van der Waals surface area contributed by atoms with E-state index in [1.54, 1.807) is 30.6 Å². The van der Waals surface area contributed by atoms with Crippen LogP contribution in [0.2, 0.25) is 0 Å². The lowest BCUT2D eigenvalue weighted by atomic mass is 10.1. The number of anilines is 1. The molecule has 1 amide bonds. The maximum atomic E-state index is 12.0. The number of carbonyl (C=O) groups excluding carboxylic acids is 1. The third-order valence-corrected chi connectivity index (χ3v) is 5.61. The van der Waals surface area contributed by atoms with Crippen molar-refractivity contribution in [1.82, 2.24) is 20.1 Å². The Morgan fingerprint density at radius 3 is 3.04 bits per heavy atom. The van der Waals surface area contributed by atoms with E-state index in [2.05, 4.69) is 20.3 Å². The number of nitrogens with one attached hydrogen (secondary N) is 1. The molecule has 2 aromatic rings. The summed E-state index contributed by atoms with van der Waals surface area (Å²) in [6, 6.07) is 1.62. The SMILES string of the molecule is Cc1ncsc1CCC(=O)NC[C@H]1CCN(c2cnn(C)c(=O)c2)C1. The van der Waals surface area contributed by atoms with Crippen LogP contribution in [-0.2, 0) is 18.3 Å². The van der Waals surface area contributed by atoms with Gasteiger partial charge in [0.2, 0.25) is 5.91 Å². The molecule has 1 aliphatic rings. The van der Waals surface area contributed by atoms with Crippen LogP contribution >= 0.6 is 11.3 Å². The first-order valence-electron chi connectivity index (χ1n) is 8.47. The van der Waals surface area contributed by atoms with Crippen LogP contribution < -0.4 is 15.8 Å². The van der Waals surface area contributed by atoms with Crippen molar-refractivity contribution < 1.29 is 4.79 Å². The summed E-state index contributed by atoms with van der Waals surface area (Å²) in [5.41, 5.74) is 3.60. The Morgan fingerprint density at radius 2 is 2.32 bits per heavy atom. The van der Waals surface area contributed by atoms with Gasteiger partial charge in [-0.25, -0.2) is 9.67 Å². The van der Waals surface area contributed by atoms with Crippen molar-refractivity contribution in [2.75, 3.05) is 24.5 Å². The second-order valence-electron chi connectivity index (χ2n) is 6.44. The zero-order valence-electron chi connectivity index (χ0n) is 14.6. The summed E-state index contributed by atoms with van der Waals surface area (Å²) in [5, 5.41) is 7.10. The van der Waals surface area contributed by atoms with Crippen molar-refractivity contribution in [3.63, 3.8) is 0 Å². The quantitative estimate of drug-likeness (QED) is 0.834. The molecule has 1 aliphatic heterocycles. The summed E-state index contributed by atoms with van der Waals surface area (Å²) >= 11 is 1.60. The van der Waals surface area contributed by atoms with E-state index in [1.165, 1.54) is 9.56 Å². The number of aromatic nitrogens is 3. The Hall–Kier alpha value is -2.22. The van der Waals surface area contributed by atoms with Gasteiger partial charge in [-0.1, -0.05) is 0 Å². The summed E-state index contributed by atoms with van der Waals surface area (Å²) < 4.78 is 1.32. The molecular formula is C17H23N5O2S. The molecule has 8 heteroatoms. The third-order valence-electron chi connectivity index (χ3n) is 4.62. The number of thiazole rings is 1. The number of aryl methyl sites for hydroxylation is 3. The van der Waals surface area contributed by atoms with E-state index in [0.717, 1.165) is 37.3 Å². The number of hydrogen-bond donors (Lipinski definition) is 1. The zero-order valence-corrected chi connectivity index (χ0v) is 15.4. The molecule has 3 rings (SSSR count). The van der Waals surface area contributed by atoms with Crippen LogP contribution in [0.4, 0.5) is 5.69 Å². The van der Waals surface area contributed by atoms with Crippen LogP contribution in [0.1, 0.15) is 23.4 Å². The highest BCUT2D eigenvalue weighted by Gasteiger charge is 2.23. The fraction of sp³-hybridized carbons (Fsp3) is 0.529. The van der Waals surface area contributed by atoms with Gasteiger partial charge in [0.1, 0.15) is 0 Å². The minimum atomic E-state index is -0.104. The second-order valence-corrected chi connectivity index (χ2v) is 7.38. The fourth-order valence-corrected chi connectivity index (χ4v) is 3.79. The second kappa shape index (κ2) is 7.77. The van der Waals surface area contributed by atoms with E-state index in [1.807, 2.05) is 12.4 Å². The lowest BCUT2D eigenvalue weighted by Gasteiger charge is -2.18. The van der Waals surface area contributed by atoms with Crippen molar-refractivity contribution >= 4 is 22.9 Å². The van der Waals surface area contributed by atoms with Gasteiger partial charge in [0.15, 0.2) is 0 Å². The number of rotatable bonds is 6. The van der Waals surface area contributed by atoms with Crippen molar-refractivity contribution in [3.8, 4) is 0 Å². The molecule has 7 nitrogen and oxygen atoms in total. The Balaban J connectivity index is 1.43. The standard InChI is InChI=1S/C17H23N5O2S/c1-12-15(25-11-19-12)3-4-16(23)18-8-13-5-6-22(10-13)14-7-17(24)21(2)20-9-14/h7,9,11,13H,3-6,8,10H2,1-2H3,(H,18,23)/t13-/m1/s1. The third kappa shape index (κ3) is 4.45. The highest BCUT2D eigenvalue weighted by molar-refractivity contribution is 7.09. The van der Waals surface area contributed by atoms with Gasteiger partial charge in [0, 0.05) is 44.0 Å². The maximum Gasteiger partial charge on any atom is 0.268 e. The van der Waals surface area contributed by atoms with Gasteiger partial charge in [0.05, 0.1) is 23.1 Å². The van der Waals surface area contributed by atoms with Crippen LogP contribution in [0.5, 0.6) is 0 Å². The Morgan fingerprint density at radius 1 is 1.48 bits per heavy atom. The Bertz CT molecular complexity index is 800. The van der Waals surface area contributed by atoms with E-state index in [9.17, 15) is 9.59 Å². The Kier molecular flexibility index (Phi) is 5.47. The van der Waals surface area contributed by atoms with Crippen molar-refractivity contribution in [1.29, 1.82) is 0 Å². The topological polar surface area (TPSA) is 80.1 Å². The van der Waals surface area contributed by atoms with E-state index in [4.69, 9.17) is 0 Å².